The summed E-state index contributed by atoms with van der Waals surface area (Å²) in [6, 6.07) is 15.1. The second kappa shape index (κ2) is 8.57. The number of imide groups is 1. The van der Waals surface area contributed by atoms with Crippen LogP contribution < -0.4 is 20.7 Å². The van der Waals surface area contributed by atoms with Crippen molar-refractivity contribution in [2.75, 3.05) is 17.2 Å². The molecule has 0 saturated heterocycles. The molecule has 2 aromatic carbocycles. The predicted molar refractivity (Wildman–Crippen MR) is 94.3 cm³/mol. The summed E-state index contributed by atoms with van der Waals surface area (Å²) in [6.45, 7) is 4.09. The molecule has 0 heterocycles. The van der Waals surface area contributed by atoms with Crippen molar-refractivity contribution in [3.63, 3.8) is 0 Å². The number of benzene rings is 2. The van der Waals surface area contributed by atoms with Gasteiger partial charge in [-0.15, -0.1) is 0 Å². The first kappa shape index (κ1) is 17.3. The Hall–Kier alpha value is -3.02. The Bertz CT molecular complexity index is 689. The molecule has 0 radical (unpaired) electrons. The lowest BCUT2D eigenvalue weighted by Crippen LogP contribution is -2.43. The molecule has 1 atom stereocenters. The number of carbonyl (C=O) groups excluding carboxylic acids is 2. The molecule has 3 N–H and O–H groups in total. The molecule has 0 saturated carbocycles. The topological polar surface area (TPSA) is 79.5 Å². The van der Waals surface area contributed by atoms with Gasteiger partial charge in [0.1, 0.15) is 11.8 Å². The van der Waals surface area contributed by atoms with E-state index in [-0.39, 0.29) is 0 Å². The van der Waals surface area contributed by atoms with Crippen LogP contribution in [0.15, 0.2) is 54.6 Å². The van der Waals surface area contributed by atoms with Gasteiger partial charge < -0.3 is 15.4 Å². The van der Waals surface area contributed by atoms with Crippen molar-refractivity contribution >= 4 is 23.3 Å². The molecule has 2 rings (SSSR count). The lowest BCUT2D eigenvalue weighted by molar-refractivity contribution is -0.120. The number of carbonyl (C=O) groups is 2. The van der Waals surface area contributed by atoms with Crippen molar-refractivity contribution in [1.29, 1.82) is 0 Å². The van der Waals surface area contributed by atoms with E-state index in [1.54, 1.807) is 31.2 Å². The van der Waals surface area contributed by atoms with Crippen LogP contribution in [0.1, 0.15) is 13.8 Å². The monoisotopic (exact) mass is 327 g/mol. The third kappa shape index (κ3) is 5.01. The molecule has 0 spiro atoms. The number of rotatable bonds is 6. The maximum atomic E-state index is 12.1. The first-order chi connectivity index (χ1) is 11.6. The highest BCUT2D eigenvalue weighted by atomic mass is 16.5. The molecule has 2 aromatic rings. The number of urea groups is 1. The maximum absolute atomic E-state index is 12.1. The van der Waals surface area contributed by atoms with Gasteiger partial charge in [-0.3, -0.25) is 10.1 Å². The molecule has 0 aliphatic heterocycles. The molecule has 6 nitrogen and oxygen atoms in total. The van der Waals surface area contributed by atoms with Crippen molar-refractivity contribution in [1.82, 2.24) is 5.32 Å². The predicted octanol–water partition coefficient (Wildman–Crippen LogP) is 3.23. The number of hydrogen-bond donors (Lipinski definition) is 3. The number of anilines is 2. The van der Waals surface area contributed by atoms with Crippen LogP contribution in [0, 0.1) is 0 Å². The lowest BCUT2D eigenvalue weighted by Gasteiger charge is -2.17. The quantitative estimate of drug-likeness (QED) is 0.761. The Kier molecular flexibility index (Phi) is 6.19. The highest BCUT2D eigenvalue weighted by Crippen LogP contribution is 2.24. The van der Waals surface area contributed by atoms with E-state index in [9.17, 15) is 9.59 Å². The summed E-state index contributed by atoms with van der Waals surface area (Å²) < 4.78 is 5.50. The summed E-state index contributed by atoms with van der Waals surface area (Å²) in [6.07, 6.45) is 0. The smallest absolute Gasteiger partial charge is 0.325 e. The van der Waals surface area contributed by atoms with E-state index in [4.69, 9.17) is 4.74 Å². The van der Waals surface area contributed by atoms with Crippen molar-refractivity contribution in [2.45, 2.75) is 19.9 Å². The van der Waals surface area contributed by atoms with Crippen LogP contribution >= 0.6 is 0 Å². The van der Waals surface area contributed by atoms with E-state index in [2.05, 4.69) is 16.0 Å². The van der Waals surface area contributed by atoms with E-state index in [1.807, 2.05) is 37.3 Å². The zero-order valence-corrected chi connectivity index (χ0v) is 13.7. The largest absolute Gasteiger partial charge is 0.492 e. The molecule has 0 fully saturated rings. The number of nitrogens with one attached hydrogen (secondary N) is 3. The van der Waals surface area contributed by atoms with Crippen LogP contribution in [0.2, 0.25) is 0 Å². The van der Waals surface area contributed by atoms with Gasteiger partial charge in [-0.25, -0.2) is 4.79 Å². The van der Waals surface area contributed by atoms with Crippen LogP contribution in [0.25, 0.3) is 0 Å². The van der Waals surface area contributed by atoms with Crippen LogP contribution in [0.3, 0.4) is 0 Å². The van der Waals surface area contributed by atoms with Gasteiger partial charge in [0.15, 0.2) is 0 Å². The number of para-hydroxylation sites is 3. The summed E-state index contributed by atoms with van der Waals surface area (Å²) in [5, 5.41) is 7.95. The van der Waals surface area contributed by atoms with Crippen molar-refractivity contribution in [3.05, 3.63) is 54.6 Å². The molecule has 24 heavy (non-hydrogen) atoms. The van der Waals surface area contributed by atoms with Gasteiger partial charge in [0.05, 0.1) is 12.3 Å². The third-order valence-corrected chi connectivity index (χ3v) is 3.22. The zero-order valence-electron chi connectivity index (χ0n) is 13.7. The molecule has 0 aromatic heterocycles. The molecule has 3 amide bonds. The molecule has 6 heteroatoms. The van der Waals surface area contributed by atoms with Crippen molar-refractivity contribution in [2.24, 2.45) is 0 Å². The van der Waals surface area contributed by atoms with E-state index < -0.39 is 18.0 Å². The minimum Gasteiger partial charge on any atom is -0.492 e. The highest BCUT2D eigenvalue weighted by Gasteiger charge is 2.17. The van der Waals surface area contributed by atoms with Gasteiger partial charge in [-0.1, -0.05) is 30.3 Å². The number of hydrogen-bond acceptors (Lipinski definition) is 4. The Morgan fingerprint density at radius 1 is 1.04 bits per heavy atom. The minimum atomic E-state index is -0.604. The Morgan fingerprint density at radius 3 is 2.42 bits per heavy atom. The van der Waals surface area contributed by atoms with Gasteiger partial charge in [-0.05, 0) is 38.1 Å². The minimum absolute atomic E-state index is 0.435. The van der Waals surface area contributed by atoms with Gasteiger partial charge in [0, 0.05) is 5.69 Å². The molecule has 1 unspecified atom stereocenters. The number of amides is 3. The first-order valence-corrected chi connectivity index (χ1v) is 7.75. The first-order valence-electron chi connectivity index (χ1n) is 7.75. The zero-order chi connectivity index (χ0) is 17.4. The molecular weight excluding hydrogens is 306 g/mol. The van der Waals surface area contributed by atoms with E-state index in [0.29, 0.717) is 23.7 Å². The standard InChI is InChI=1S/C18H21N3O3/c1-3-24-16-12-8-7-11-15(16)19-13(2)17(22)21-18(23)20-14-9-5-4-6-10-14/h4-13,19H,3H2,1-2H3,(H2,20,21,22,23). The Morgan fingerprint density at radius 2 is 1.71 bits per heavy atom. The summed E-state index contributed by atoms with van der Waals surface area (Å²) in [7, 11) is 0. The van der Waals surface area contributed by atoms with Gasteiger partial charge in [-0.2, -0.15) is 0 Å². The lowest BCUT2D eigenvalue weighted by atomic mass is 10.2. The number of ether oxygens (including phenoxy) is 1. The fourth-order valence-corrected chi connectivity index (χ4v) is 2.07. The molecule has 0 aliphatic carbocycles. The molecule has 0 aliphatic rings. The normalized spacial score (nSPS) is 11.2. The van der Waals surface area contributed by atoms with Crippen molar-refractivity contribution in [3.8, 4) is 5.75 Å². The van der Waals surface area contributed by atoms with Crippen LogP contribution in [0.4, 0.5) is 16.2 Å². The average Bonchev–Trinajstić information content (AvgIpc) is 2.57. The second-order valence-corrected chi connectivity index (χ2v) is 5.10. The van der Waals surface area contributed by atoms with Crippen molar-refractivity contribution < 1.29 is 14.3 Å². The molecule has 0 bridgehead atoms. The molecule has 126 valence electrons. The SMILES string of the molecule is CCOc1ccccc1NC(C)C(=O)NC(=O)Nc1ccccc1. The van der Waals surface area contributed by atoms with Gasteiger partial charge in [0.2, 0.25) is 5.91 Å². The van der Waals surface area contributed by atoms with Crippen LogP contribution in [-0.2, 0) is 4.79 Å². The Labute approximate surface area is 141 Å². The van der Waals surface area contributed by atoms with E-state index >= 15 is 0 Å². The average molecular weight is 327 g/mol. The summed E-state index contributed by atoms with van der Waals surface area (Å²) in [5.41, 5.74) is 1.32. The van der Waals surface area contributed by atoms with E-state index in [1.165, 1.54) is 0 Å². The Balaban J connectivity index is 1.91. The van der Waals surface area contributed by atoms with Gasteiger partial charge in [0.25, 0.3) is 0 Å². The highest BCUT2D eigenvalue weighted by molar-refractivity contribution is 6.03. The molecular formula is C18H21N3O3. The second-order valence-electron chi connectivity index (χ2n) is 5.10. The van der Waals surface area contributed by atoms with Gasteiger partial charge >= 0.3 is 6.03 Å². The summed E-state index contributed by atoms with van der Waals surface area (Å²) >= 11 is 0. The maximum Gasteiger partial charge on any atom is 0.325 e. The fourth-order valence-electron chi connectivity index (χ4n) is 2.07. The summed E-state index contributed by atoms with van der Waals surface area (Å²) in [4.78, 5) is 24.0. The van der Waals surface area contributed by atoms with Crippen LogP contribution in [-0.4, -0.2) is 24.6 Å². The third-order valence-electron chi connectivity index (χ3n) is 3.22. The van der Waals surface area contributed by atoms with E-state index in [0.717, 1.165) is 0 Å². The van der Waals surface area contributed by atoms with Crippen LogP contribution in [0.5, 0.6) is 5.75 Å². The summed E-state index contributed by atoms with van der Waals surface area (Å²) in [5.74, 6) is 0.225. The fraction of sp³-hybridized carbons (Fsp3) is 0.222.